The zero-order chi connectivity index (χ0) is 93.0. The van der Waals surface area contributed by atoms with E-state index in [0.717, 1.165) is 51.2 Å². The van der Waals surface area contributed by atoms with Gasteiger partial charge in [0, 0.05) is 200 Å². The Hall–Kier alpha value is -5.33. The predicted molar refractivity (Wildman–Crippen MR) is 522 cm³/mol. The average Bonchev–Trinajstić information content (AvgIpc) is 1.70. The van der Waals surface area contributed by atoms with Crippen molar-refractivity contribution in [1.29, 1.82) is 0 Å². The van der Waals surface area contributed by atoms with Gasteiger partial charge in [-0.25, -0.2) is 0 Å². The largest absolute Gasteiger partial charge is 3.00 e. The summed E-state index contributed by atoms with van der Waals surface area (Å²) in [5, 5.41) is 78.0. The van der Waals surface area contributed by atoms with Crippen LogP contribution in [0.2, 0.25) is 0 Å². The van der Waals surface area contributed by atoms with E-state index in [1.807, 2.05) is 0 Å². The third-order valence-corrected chi connectivity index (χ3v) is 24.1. The molecule has 0 saturated carbocycles. The van der Waals surface area contributed by atoms with Crippen LogP contribution in [-0.4, -0.2) is 112 Å². The molecule has 0 aromatic carbocycles. The Morgan fingerprint density at radius 1 is 0.129 bits per heavy atom. The van der Waals surface area contributed by atoms with E-state index in [1.54, 1.807) is 0 Å². The number of halogens is 3. The number of aromatic nitrogens is 18. The van der Waals surface area contributed by atoms with Crippen molar-refractivity contribution in [2.45, 2.75) is 471 Å². The molecule has 0 spiro atoms. The molecule has 1 radical (unpaired) electrons. The minimum absolute atomic E-state index is 0. The second kappa shape index (κ2) is 36.1. The van der Waals surface area contributed by atoms with Gasteiger partial charge in [0.05, 0.1) is 20.1 Å². The van der Waals surface area contributed by atoms with E-state index in [1.165, 1.54) is 100 Å². The fraction of sp³-hybridized carbons (Fsp3) is 0.727. The molecule has 9 aromatic heterocycles. The molecular formula is C99H174B3Cl3N18Ti-3. The van der Waals surface area contributed by atoms with Gasteiger partial charge < -0.3 is 37.2 Å². The van der Waals surface area contributed by atoms with E-state index in [0.29, 0.717) is 0 Å². The fourth-order valence-corrected chi connectivity index (χ4v) is 19.1. The van der Waals surface area contributed by atoms with Crippen LogP contribution < -0.4 is 86.4 Å². The van der Waals surface area contributed by atoms with Crippen LogP contribution in [-0.2, 0) is 119 Å². The molecule has 0 atom stereocenters. The summed E-state index contributed by atoms with van der Waals surface area (Å²) < 4.78 is 0. The van der Waals surface area contributed by atoms with E-state index in [-0.39, 0.29) is 156 Å². The summed E-state index contributed by atoms with van der Waals surface area (Å²) in [6.07, 6.45) is 0. The molecule has 25 heteroatoms. The van der Waals surface area contributed by atoms with Gasteiger partial charge in [0.15, 0.2) is 0 Å². The Balaban J connectivity index is 0.000000472. The van der Waals surface area contributed by atoms with Crippen LogP contribution in [0.4, 0.5) is 0 Å². The molecule has 0 amide bonds. The van der Waals surface area contributed by atoms with E-state index in [2.05, 4.69) is 420 Å². The maximum absolute atomic E-state index is 5.10. The monoisotopic (exact) mass is 1800 g/mol. The first-order chi connectivity index (χ1) is 53.0. The van der Waals surface area contributed by atoms with Gasteiger partial charge >= 0.3 is 21.7 Å². The summed E-state index contributed by atoms with van der Waals surface area (Å²) in [7, 11) is 0. The molecule has 0 aliphatic rings. The normalized spacial score (nSPS) is 14.0. The molecule has 0 aliphatic heterocycles. The molecule has 0 saturated heterocycles. The first-order valence-electron chi connectivity index (χ1n) is 45.5. The standard InChI is InChI=1S/3C33H58BN6.3ClH.Ti/c3*1-28(2,3)22-19(23(36-35-22)29(4,5)6)34(20-24(30(7,8)9)37-38-25(20)31(10,11)12)21-26(32(13,14)15)39-40-27(21)33(16,17)18;;;;/h3*34H,1-18H3,(H,35,36)(H,37,38)(H,39,40);3*1H;/q3*-1;;;;+3/p-3. The van der Waals surface area contributed by atoms with Crippen molar-refractivity contribution >= 4 is 69.3 Å². The summed E-state index contributed by atoms with van der Waals surface area (Å²) in [6.45, 7) is 119. The molecule has 0 fully saturated rings. The number of aromatic amines is 9. The van der Waals surface area contributed by atoms with E-state index < -0.39 is 20.1 Å². The molecule has 697 valence electrons. The molecule has 0 aliphatic carbocycles. The maximum atomic E-state index is 5.10. The summed E-state index contributed by atoms with van der Waals surface area (Å²) in [6, 6.07) is 0. The third kappa shape index (κ3) is 23.9. The second-order valence-electron chi connectivity index (χ2n) is 54.9. The zero-order valence-corrected chi connectivity index (χ0v) is 92.6. The molecular weight excluding hydrogens is 1630 g/mol. The summed E-state index contributed by atoms with van der Waals surface area (Å²) in [5.41, 5.74) is 30.7. The number of H-pyrrole nitrogens is 9. The minimum atomic E-state index is -1.41. The van der Waals surface area contributed by atoms with E-state index in [4.69, 9.17) is 45.9 Å². The number of hydrogen-bond acceptors (Lipinski definition) is 9. The number of rotatable bonds is 9. The van der Waals surface area contributed by atoms with Crippen molar-refractivity contribution in [2.75, 3.05) is 0 Å². The summed E-state index contributed by atoms with van der Waals surface area (Å²) in [5.74, 6) is 0. The van der Waals surface area contributed by atoms with Crippen molar-refractivity contribution in [3.8, 4) is 0 Å². The van der Waals surface area contributed by atoms with Gasteiger partial charge in [-0.1, -0.05) is 374 Å². The van der Waals surface area contributed by atoms with Gasteiger partial charge in [-0.05, 0) is 0 Å². The Morgan fingerprint density at radius 2 is 0.194 bits per heavy atom. The minimum Gasteiger partial charge on any atom is -1.00 e. The van der Waals surface area contributed by atoms with Gasteiger partial charge in [-0.2, -0.15) is 95.1 Å². The van der Waals surface area contributed by atoms with Crippen LogP contribution >= 0.6 is 0 Å². The van der Waals surface area contributed by atoms with Crippen molar-refractivity contribution in [3.63, 3.8) is 0 Å². The third-order valence-electron chi connectivity index (χ3n) is 24.1. The molecule has 9 heterocycles. The van der Waals surface area contributed by atoms with Crippen LogP contribution in [0, 0.1) is 0 Å². The van der Waals surface area contributed by atoms with Gasteiger partial charge in [-0.3, -0.25) is 45.9 Å². The predicted octanol–water partition coefficient (Wildman–Crippen LogP) is 8.68. The van der Waals surface area contributed by atoms with Crippen LogP contribution in [0.1, 0.15) is 476 Å². The number of nitrogens with zero attached hydrogens (tertiary/aromatic N) is 9. The van der Waals surface area contributed by atoms with Crippen molar-refractivity contribution < 1.29 is 58.9 Å². The SMILES string of the molecule is CC(C)(C)c1n[nH]c(C(C)(C)C)c1[BH-](c1c(C(C)(C)C)n[nH]c1C(C)(C)C)c1c(C(C)(C)C)n[nH]c1C(C)(C)C.CC(C)(C)c1n[nH]c(C(C)(C)C)c1[BH-](c1c(C(C)(C)C)n[nH]c1C(C)(C)C)c1c(C(C)(C)C)n[nH]c1C(C)(C)C.CC(C)(C)c1n[nH]c(C(C)(C)C)c1[BH-](c1c(C(C)(C)C)n[nH]c1C(C)(C)C)c1c(C(C)(C)C)n[nH]c1C(C)(C)C.[Cl-].[Cl-].[Cl-].[Ti+3]. The smallest absolute Gasteiger partial charge is 1.00 e. The van der Waals surface area contributed by atoms with Gasteiger partial charge in [-0.15, -0.1) is 0 Å². The second-order valence-corrected chi connectivity index (χ2v) is 54.9. The van der Waals surface area contributed by atoms with Crippen molar-refractivity contribution in [2.24, 2.45) is 0 Å². The van der Waals surface area contributed by atoms with Crippen molar-refractivity contribution in [1.82, 2.24) is 91.8 Å². The van der Waals surface area contributed by atoms with Crippen LogP contribution in [0.3, 0.4) is 0 Å². The van der Waals surface area contributed by atoms with E-state index >= 15 is 0 Å². The Labute approximate surface area is 788 Å². The summed E-state index contributed by atoms with van der Waals surface area (Å²) in [4.78, 5) is 0. The molecule has 124 heavy (non-hydrogen) atoms. The fourth-order valence-electron chi connectivity index (χ4n) is 19.1. The quantitative estimate of drug-likeness (QED) is 0.0626. The van der Waals surface area contributed by atoms with Crippen LogP contribution in [0.25, 0.3) is 0 Å². The molecule has 9 rings (SSSR count). The van der Waals surface area contributed by atoms with Crippen LogP contribution in [0.15, 0.2) is 0 Å². The van der Waals surface area contributed by atoms with Crippen molar-refractivity contribution in [3.05, 3.63) is 102 Å². The zero-order valence-electron chi connectivity index (χ0n) is 88.8. The first kappa shape index (κ1) is 113. The number of nitrogens with one attached hydrogen (secondary N) is 9. The topological polar surface area (TPSA) is 258 Å². The Morgan fingerprint density at radius 3 is 0.242 bits per heavy atom. The maximum Gasteiger partial charge on any atom is 3.00 e. The molecule has 0 bridgehead atoms. The van der Waals surface area contributed by atoms with Gasteiger partial charge in [0.1, 0.15) is 0 Å². The van der Waals surface area contributed by atoms with Crippen LogP contribution in [0.5, 0.6) is 0 Å². The van der Waals surface area contributed by atoms with E-state index in [9.17, 15) is 0 Å². The molecule has 9 aromatic rings. The average molecular weight is 1800 g/mol. The summed E-state index contributed by atoms with van der Waals surface area (Å²) >= 11 is 0. The van der Waals surface area contributed by atoms with Gasteiger partial charge in [0.25, 0.3) is 0 Å². The Bertz CT molecular complexity index is 3770. The molecule has 18 nitrogen and oxygen atoms in total. The molecule has 9 N–H and O–H groups in total. The van der Waals surface area contributed by atoms with Gasteiger partial charge in [0.2, 0.25) is 0 Å². The molecule has 0 unspecified atom stereocenters. The first-order valence-corrected chi connectivity index (χ1v) is 45.5. The number of hydrogen-bond donors (Lipinski definition) is 9. The Kier molecular flexibility index (Phi) is 32.8.